The van der Waals surface area contributed by atoms with Gasteiger partial charge < -0.3 is 9.26 Å². The van der Waals surface area contributed by atoms with Crippen molar-refractivity contribution in [2.75, 3.05) is 6.61 Å². The highest BCUT2D eigenvalue weighted by Gasteiger charge is 2.39. The number of aromatic nitrogens is 2. The fourth-order valence-electron chi connectivity index (χ4n) is 2.30. The Kier molecular flexibility index (Phi) is 3.33. The molecular formula is C11H16N2O3. The highest BCUT2D eigenvalue weighted by Crippen LogP contribution is 2.38. The van der Waals surface area contributed by atoms with Gasteiger partial charge in [0.25, 0.3) is 5.89 Å². The van der Waals surface area contributed by atoms with Crippen molar-refractivity contribution >= 4 is 6.29 Å². The lowest BCUT2D eigenvalue weighted by atomic mass is 9.84. The number of aldehydes is 1. The first-order chi connectivity index (χ1) is 7.80. The van der Waals surface area contributed by atoms with E-state index < -0.39 is 5.60 Å². The highest BCUT2D eigenvalue weighted by atomic mass is 16.5. The molecule has 5 heteroatoms. The zero-order valence-electron chi connectivity index (χ0n) is 9.44. The molecule has 0 saturated heterocycles. The van der Waals surface area contributed by atoms with Crippen LogP contribution >= 0.6 is 0 Å². The van der Waals surface area contributed by atoms with Crippen LogP contribution in [0.5, 0.6) is 0 Å². The molecule has 0 aliphatic heterocycles. The van der Waals surface area contributed by atoms with Gasteiger partial charge in [-0.15, -0.1) is 0 Å². The molecule has 0 unspecified atom stereocenters. The standard InChI is InChI=1S/C11H16N2O3/c1-2-15-11(6-4-3-5-7-11)10-12-9(8-14)16-13-10/h8H,2-7H2,1H3. The molecule has 88 valence electrons. The Morgan fingerprint density at radius 3 is 2.75 bits per heavy atom. The maximum absolute atomic E-state index is 10.5. The number of hydrogen-bond donors (Lipinski definition) is 0. The van der Waals surface area contributed by atoms with Crippen LogP contribution < -0.4 is 0 Å². The van der Waals surface area contributed by atoms with Crippen molar-refractivity contribution in [3.8, 4) is 0 Å². The number of carbonyl (C=O) groups is 1. The number of nitrogens with zero attached hydrogens (tertiary/aromatic N) is 2. The molecule has 0 spiro atoms. The Morgan fingerprint density at radius 1 is 1.44 bits per heavy atom. The summed E-state index contributed by atoms with van der Waals surface area (Å²) in [5.74, 6) is 0.552. The van der Waals surface area contributed by atoms with E-state index in [1.807, 2.05) is 6.92 Å². The molecule has 5 nitrogen and oxygen atoms in total. The lowest BCUT2D eigenvalue weighted by Crippen LogP contribution is -2.33. The Bertz CT molecular complexity index is 350. The van der Waals surface area contributed by atoms with Crippen LogP contribution in [-0.2, 0) is 10.3 Å². The molecule has 0 aromatic carbocycles. The third-order valence-corrected chi connectivity index (χ3v) is 3.03. The largest absolute Gasteiger partial charge is 0.367 e. The fraction of sp³-hybridized carbons (Fsp3) is 0.727. The van der Waals surface area contributed by atoms with E-state index in [1.54, 1.807) is 0 Å². The summed E-state index contributed by atoms with van der Waals surface area (Å²) in [4.78, 5) is 14.6. The van der Waals surface area contributed by atoms with Crippen LogP contribution in [0.2, 0.25) is 0 Å². The van der Waals surface area contributed by atoms with Crippen molar-refractivity contribution in [1.82, 2.24) is 10.1 Å². The Morgan fingerprint density at radius 2 is 2.19 bits per heavy atom. The quantitative estimate of drug-likeness (QED) is 0.732. The van der Waals surface area contributed by atoms with Crippen molar-refractivity contribution in [3.05, 3.63) is 11.7 Å². The van der Waals surface area contributed by atoms with Gasteiger partial charge >= 0.3 is 0 Å². The summed E-state index contributed by atoms with van der Waals surface area (Å²) in [6.45, 7) is 2.57. The first kappa shape index (κ1) is 11.3. The van der Waals surface area contributed by atoms with Crippen molar-refractivity contribution in [3.63, 3.8) is 0 Å². The van der Waals surface area contributed by atoms with Crippen LogP contribution in [0.1, 0.15) is 55.5 Å². The second-order valence-corrected chi connectivity index (χ2v) is 4.06. The topological polar surface area (TPSA) is 65.2 Å². The average Bonchev–Trinajstić information content (AvgIpc) is 2.80. The van der Waals surface area contributed by atoms with E-state index in [2.05, 4.69) is 10.1 Å². The van der Waals surface area contributed by atoms with E-state index in [-0.39, 0.29) is 5.89 Å². The smallest absolute Gasteiger partial charge is 0.290 e. The summed E-state index contributed by atoms with van der Waals surface area (Å²) < 4.78 is 10.6. The second-order valence-electron chi connectivity index (χ2n) is 4.06. The zero-order chi connectivity index (χ0) is 11.4. The third kappa shape index (κ3) is 2.00. The monoisotopic (exact) mass is 224 g/mol. The molecule has 1 fully saturated rings. The van der Waals surface area contributed by atoms with Gasteiger partial charge in [0, 0.05) is 6.61 Å². The first-order valence-electron chi connectivity index (χ1n) is 5.74. The van der Waals surface area contributed by atoms with Crippen LogP contribution in [0.4, 0.5) is 0 Å². The molecule has 1 aromatic rings. The Hall–Kier alpha value is -1.23. The van der Waals surface area contributed by atoms with Gasteiger partial charge in [-0.05, 0) is 19.8 Å². The van der Waals surface area contributed by atoms with Crippen molar-refractivity contribution in [2.45, 2.75) is 44.6 Å². The Balaban J connectivity index is 2.26. The van der Waals surface area contributed by atoms with E-state index >= 15 is 0 Å². The molecule has 0 atom stereocenters. The minimum atomic E-state index is -0.433. The molecule has 1 heterocycles. The molecule has 1 aromatic heterocycles. The summed E-state index contributed by atoms with van der Waals surface area (Å²) in [7, 11) is 0. The summed E-state index contributed by atoms with van der Waals surface area (Å²) in [6.07, 6.45) is 5.79. The summed E-state index contributed by atoms with van der Waals surface area (Å²) >= 11 is 0. The summed E-state index contributed by atoms with van der Waals surface area (Å²) in [5.41, 5.74) is -0.433. The molecule has 16 heavy (non-hydrogen) atoms. The lowest BCUT2D eigenvalue weighted by molar-refractivity contribution is -0.0777. The number of ether oxygens (including phenoxy) is 1. The van der Waals surface area contributed by atoms with Gasteiger partial charge in [0.05, 0.1) is 0 Å². The van der Waals surface area contributed by atoms with Crippen molar-refractivity contribution in [1.29, 1.82) is 0 Å². The fourth-order valence-corrected chi connectivity index (χ4v) is 2.30. The van der Waals surface area contributed by atoms with Crippen LogP contribution in [0.25, 0.3) is 0 Å². The maximum atomic E-state index is 10.5. The summed E-state index contributed by atoms with van der Waals surface area (Å²) in [6, 6.07) is 0. The van der Waals surface area contributed by atoms with Gasteiger partial charge in [0.1, 0.15) is 5.60 Å². The van der Waals surface area contributed by atoms with E-state index in [4.69, 9.17) is 9.26 Å². The zero-order valence-corrected chi connectivity index (χ0v) is 9.44. The van der Waals surface area contributed by atoms with E-state index in [0.717, 1.165) is 25.7 Å². The summed E-state index contributed by atoms with van der Waals surface area (Å²) in [5, 5.41) is 3.86. The van der Waals surface area contributed by atoms with Crippen LogP contribution in [0, 0.1) is 0 Å². The molecular weight excluding hydrogens is 208 g/mol. The van der Waals surface area contributed by atoms with E-state index in [1.165, 1.54) is 6.42 Å². The normalized spacial score (nSPS) is 19.6. The highest BCUT2D eigenvalue weighted by molar-refractivity contribution is 5.67. The van der Waals surface area contributed by atoms with Gasteiger partial charge in [-0.1, -0.05) is 24.4 Å². The second kappa shape index (κ2) is 4.74. The van der Waals surface area contributed by atoms with Crippen molar-refractivity contribution < 1.29 is 14.1 Å². The number of carbonyl (C=O) groups excluding carboxylic acids is 1. The van der Waals surface area contributed by atoms with Crippen LogP contribution in [0.3, 0.4) is 0 Å². The molecule has 0 N–H and O–H groups in total. The molecule has 0 radical (unpaired) electrons. The number of hydrogen-bond acceptors (Lipinski definition) is 5. The molecule has 1 aliphatic rings. The third-order valence-electron chi connectivity index (χ3n) is 3.03. The van der Waals surface area contributed by atoms with Gasteiger partial charge in [-0.2, -0.15) is 4.98 Å². The minimum absolute atomic E-state index is 0.0275. The molecule has 2 rings (SSSR count). The molecule has 1 saturated carbocycles. The van der Waals surface area contributed by atoms with E-state index in [0.29, 0.717) is 18.7 Å². The molecule has 0 bridgehead atoms. The molecule has 1 aliphatic carbocycles. The average molecular weight is 224 g/mol. The number of rotatable bonds is 4. The minimum Gasteiger partial charge on any atom is -0.367 e. The van der Waals surface area contributed by atoms with Gasteiger partial charge in [-0.25, -0.2) is 0 Å². The maximum Gasteiger partial charge on any atom is 0.290 e. The van der Waals surface area contributed by atoms with Crippen LogP contribution in [-0.4, -0.2) is 23.0 Å². The van der Waals surface area contributed by atoms with E-state index in [9.17, 15) is 4.79 Å². The predicted octanol–water partition coefficient (Wildman–Crippen LogP) is 2.08. The predicted molar refractivity (Wildman–Crippen MR) is 56.1 cm³/mol. The molecule has 0 amide bonds. The Labute approximate surface area is 94.2 Å². The van der Waals surface area contributed by atoms with Crippen LogP contribution in [0.15, 0.2) is 4.52 Å². The lowest BCUT2D eigenvalue weighted by Gasteiger charge is -2.33. The van der Waals surface area contributed by atoms with Crippen molar-refractivity contribution in [2.24, 2.45) is 0 Å². The SMILES string of the molecule is CCOC1(c2noc(C=O)n2)CCCCC1. The first-order valence-corrected chi connectivity index (χ1v) is 5.74. The van der Waals surface area contributed by atoms with Gasteiger partial charge in [0.2, 0.25) is 12.1 Å². The van der Waals surface area contributed by atoms with Gasteiger partial charge in [0.15, 0.2) is 0 Å². The van der Waals surface area contributed by atoms with Gasteiger partial charge in [-0.3, -0.25) is 4.79 Å².